The van der Waals surface area contributed by atoms with Crippen LogP contribution >= 0.6 is 11.6 Å². The van der Waals surface area contributed by atoms with Crippen LogP contribution in [0.25, 0.3) is 0 Å². The second-order valence-electron chi connectivity index (χ2n) is 2.01. The van der Waals surface area contributed by atoms with Gasteiger partial charge in [0.1, 0.15) is 6.54 Å². The van der Waals surface area contributed by atoms with Gasteiger partial charge in [0.2, 0.25) is 5.16 Å². The van der Waals surface area contributed by atoms with Crippen LogP contribution in [0.5, 0.6) is 0 Å². The van der Waals surface area contributed by atoms with E-state index in [1.54, 1.807) is 0 Å². The molecule has 1 aliphatic rings. The summed E-state index contributed by atoms with van der Waals surface area (Å²) < 4.78 is 0. The minimum absolute atomic E-state index is 0.0195. The fourth-order valence-electron chi connectivity index (χ4n) is 0.691. The van der Waals surface area contributed by atoms with E-state index in [0.717, 1.165) is 6.08 Å². The maximum absolute atomic E-state index is 10.7. The first-order chi connectivity index (χ1) is 5.11. The van der Waals surface area contributed by atoms with Crippen LogP contribution < -0.4 is 5.06 Å². The first-order valence-electron chi connectivity index (χ1n) is 2.86. The molecule has 0 fully saturated rings. The summed E-state index contributed by atoms with van der Waals surface area (Å²) in [5, 5.41) is 20.5. The lowest BCUT2D eigenvalue weighted by Crippen LogP contribution is -3.04. The number of allylic oxidation sites excluding steroid dienone is 1. The van der Waals surface area contributed by atoms with Crippen LogP contribution in [-0.4, -0.2) is 11.5 Å². The summed E-state index contributed by atoms with van der Waals surface area (Å²) in [4.78, 5) is 9.55. The van der Waals surface area contributed by atoms with Crippen molar-refractivity contribution in [3.63, 3.8) is 0 Å². The molecule has 0 amide bonds. The summed E-state index contributed by atoms with van der Waals surface area (Å²) in [6, 6.07) is 0. The molecule has 0 aromatic carbocycles. The van der Waals surface area contributed by atoms with Gasteiger partial charge < -0.3 is 10.3 Å². The van der Waals surface area contributed by atoms with Crippen LogP contribution in [-0.2, 0) is 0 Å². The van der Waals surface area contributed by atoms with Crippen molar-refractivity contribution in [3.8, 4) is 0 Å². The van der Waals surface area contributed by atoms with Gasteiger partial charge in [0.15, 0.2) is 0 Å². The molecule has 5 nitrogen and oxygen atoms in total. The molecule has 0 bridgehead atoms. The Kier molecular flexibility index (Phi) is 2.23. The lowest BCUT2D eigenvalue weighted by molar-refractivity contribution is -0.792. The Morgan fingerprint density at radius 3 is 2.82 bits per heavy atom. The molecule has 0 saturated carbocycles. The van der Waals surface area contributed by atoms with E-state index in [-0.39, 0.29) is 22.5 Å². The molecule has 0 radical (unpaired) electrons. The largest absolute Gasteiger partial charge is 0.628 e. The van der Waals surface area contributed by atoms with E-state index >= 15 is 0 Å². The second kappa shape index (κ2) is 3.00. The van der Waals surface area contributed by atoms with Crippen LogP contribution in [0.15, 0.2) is 23.0 Å². The molecular weight excluding hydrogens is 172 g/mol. The molecule has 0 saturated heterocycles. The van der Waals surface area contributed by atoms with Crippen molar-refractivity contribution in [3.05, 3.63) is 38.3 Å². The molecule has 6 heteroatoms. The summed E-state index contributed by atoms with van der Waals surface area (Å²) in [5.41, 5.74) is -0.116. The molecule has 0 aromatic heterocycles. The van der Waals surface area contributed by atoms with Crippen molar-refractivity contribution >= 4 is 11.6 Å². The van der Waals surface area contributed by atoms with Crippen LogP contribution in [0.3, 0.4) is 0 Å². The summed E-state index contributed by atoms with van der Waals surface area (Å²) in [5.74, 6) is 0. The highest BCUT2D eigenvalue weighted by Crippen LogP contribution is 2.05. The van der Waals surface area contributed by atoms with Gasteiger partial charge in [0.05, 0.1) is 11.0 Å². The summed E-state index contributed by atoms with van der Waals surface area (Å²) >= 11 is 5.37. The molecule has 0 aliphatic carbocycles. The van der Waals surface area contributed by atoms with Crippen LogP contribution in [0.4, 0.5) is 0 Å². The van der Waals surface area contributed by atoms with Crippen molar-refractivity contribution in [1.82, 2.24) is 0 Å². The number of nitro groups is 1. The predicted octanol–water partition coefficient (Wildman–Crippen LogP) is -0.376. The number of hydrogen-bond donors (Lipinski definition) is 1. The Morgan fingerprint density at radius 1 is 1.73 bits per heavy atom. The van der Waals surface area contributed by atoms with Crippen molar-refractivity contribution in [1.29, 1.82) is 0 Å². The molecule has 1 rings (SSSR count). The standard InChI is InChI=1S/C5H5ClN2O3/c6-5-3-4(8(10)11)1-2-7(5)9/h1,3,7H,2H2. The third-order valence-electron chi connectivity index (χ3n) is 1.25. The van der Waals surface area contributed by atoms with Gasteiger partial charge in [-0.25, -0.2) is 0 Å². The van der Waals surface area contributed by atoms with Gasteiger partial charge in [0.25, 0.3) is 5.70 Å². The fourth-order valence-corrected chi connectivity index (χ4v) is 0.880. The topological polar surface area (TPSA) is 70.6 Å². The highest BCUT2D eigenvalue weighted by Gasteiger charge is 2.17. The van der Waals surface area contributed by atoms with E-state index in [4.69, 9.17) is 11.6 Å². The lowest BCUT2D eigenvalue weighted by Gasteiger charge is -2.20. The molecular formula is C5H5ClN2O3. The smallest absolute Gasteiger partial charge is 0.278 e. The van der Waals surface area contributed by atoms with Crippen molar-refractivity contribution in [2.75, 3.05) is 6.54 Å². The third-order valence-corrected chi connectivity index (χ3v) is 1.57. The lowest BCUT2D eigenvalue weighted by atomic mass is 10.3. The molecule has 1 N–H and O–H groups in total. The SMILES string of the molecule is O=[N+]([O-])C1=CC[NH+]([O-])C(Cl)=C1. The molecule has 60 valence electrons. The molecule has 1 atom stereocenters. The second-order valence-corrected chi connectivity index (χ2v) is 2.41. The molecule has 1 heterocycles. The van der Waals surface area contributed by atoms with Crippen LogP contribution in [0, 0.1) is 15.3 Å². The number of hydrogen-bond acceptors (Lipinski definition) is 3. The highest BCUT2D eigenvalue weighted by molar-refractivity contribution is 6.28. The Bertz CT molecular complexity index is 248. The Morgan fingerprint density at radius 2 is 2.36 bits per heavy atom. The Labute approximate surface area is 67.3 Å². The zero-order chi connectivity index (χ0) is 8.43. The third kappa shape index (κ3) is 1.76. The maximum atomic E-state index is 10.7. The highest BCUT2D eigenvalue weighted by atomic mass is 35.5. The summed E-state index contributed by atoms with van der Waals surface area (Å²) in [7, 11) is 0. The van der Waals surface area contributed by atoms with E-state index < -0.39 is 4.92 Å². The van der Waals surface area contributed by atoms with Gasteiger partial charge in [-0.1, -0.05) is 0 Å². The Hall–Kier alpha value is -0.910. The van der Waals surface area contributed by atoms with Gasteiger partial charge in [-0.15, -0.1) is 0 Å². The molecule has 11 heavy (non-hydrogen) atoms. The van der Waals surface area contributed by atoms with Crippen LogP contribution in [0.2, 0.25) is 0 Å². The van der Waals surface area contributed by atoms with E-state index in [1.807, 2.05) is 0 Å². The van der Waals surface area contributed by atoms with Crippen molar-refractivity contribution < 1.29 is 9.99 Å². The maximum Gasteiger partial charge on any atom is 0.278 e. The zero-order valence-electron chi connectivity index (χ0n) is 5.41. The Balaban J connectivity index is 2.83. The summed E-state index contributed by atoms with van der Waals surface area (Å²) in [6.45, 7) is 0.0195. The van der Waals surface area contributed by atoms with Gasteiger partial charge in [-0.3, -0.25) is 10.1 Å². The van der Waals surface area contributed by atoms with E-state index in [0.29, 0.717) is 0 Å². The minimum Gasteiger partial charge on any atom is -0.628 e. The summed E-state index contributed by atoms with van der Waals surface area (Å²) in [6.07, 6.45) is 2.31. The first-order valence-corrected chi connectivity index (χ1v) is 3.24. The van der Waals surface area contributed by atoms with E-state index in [2.05, 4.69) is 0 Å². The van der Waals surface area contributed by atoms with Gasteiger partial charge in [0, 0.05) is 6.08 Å². The normalized spacial score (nSPS) is 24.0. The van der Waals surface area contributed by atoms with E-state index in [9.17, 15) is 15.3 Å². The average Bonchev–Trinajstić information content (AvgIpc) is 1.94. The number of nitrogens with one attached hydrogen (secondary N) is 1. The molecule has 1 unspecified atom stereocenters. The number of rotatable bonds is 1. The van der Waals surface area contributed by atoms with Gasteiger partial charge in [-0.05, 0) is 11.6 Å². The zero-order valence-corrected chi connectivity index (χ0v) is 6.17. The van der Waals surface area contributed by atoms with Gasteiger partial charge in [-0.2, -0.15) is 0 Å². The minimum atomic E-state index is -0.575. The number of hydroxylamine groups is 2. The molecule has 0 aromatic rings. The monoisotopic (exact) mass is 176 g/mol. The predicted molar refractivity (Wildman–Crippen MR) is 38.2 cm³/mol. The average molecular weight is 177 g/mol. The first kappa shape index (κ1) is 8.19. The van der Waals surface area contributed by atoms with E-state index in [1.165, 1.54) is 6.08 Å². The fraction of sp³-hybridized carbons (Fsp3) is 0.200. The number of halogens is 1. The number of quaternary nitrogens is 1. The molecule has 0 spiro atoms. The quantitative estimate of drug-likeness (QED) is 0.256. The van der Waals surface area contributed by atoms with Crippen LogP contribution in [0.1, 0.15) is 0 Å². The molecule has 1 aliphatic heterocycles. The van der Waals surface area contributed by atoms with Crippen molar-refractivity contribution in [2.45, 2.75) is 0 Å². The number of nitrogens with zero attached hydrogens (tertiary/aromatic N) is 1. The van der Waals surface area contributed by atoms with Gasteiger partial charge >= 0.3 is 0 Å². The van der Waals surface area contributed by atoms with Crippen molar-refractivity contribution in [2.24, 2.45) is 0 Å².